The van der Waals surface area contributed by atoms with E-state index in [1.54, 1.807) is 4.57 Å². The van der Waals surface area contributed by atoms with Crippen LogP contribution in [0.4, 0.5) is 5.69 Å². The summed E-state index contributed by atoms with van der Waals surface area (Å²) in [5.41, 5.74) is 3.00. The number of hydrogen-bond acceptors (Lipinski definition) is 4. The van der Waals surface area contributed by atoms with Gasteiger partial charge in [0.25, 0.3) is 5.56 Å². The zero-order valence-electron chi connectivity index (χ0n) is 20.9. The van der Waals surface area contributed by atoms with Crippen molar-refractivity contribution >= 4 is 22.8 Å². The molecule has 8 heteroatoms. The van der Waals surface area contributed by atoms with Crippen LogP contribution in [0.2, 0.25) is 0 Å². The van der Waals surface area contributed by atoms with Crippen LogP contribution >= 0.6 is 0 Å². The molecule has 3 rings (SSSR count). The molecule has 2 N–H and O–H groups in total. The van der Waals surface area contributed by atoms with Crippen LogP contribution in [-0.2, 0) is 30.7 Å². The molecule has 0 aliphatic carbocycles. The van der Waals surface area contributed by atoms with Gasteiger partial charge in [0.1, 0.15) is 5.82 Å². The highest BCUT2D eigenvalue weighted by atomic mass is 16.2. The average Bonchev–Trinajstić information content (AvgIpc) is 3.18. The molecule has 0 atom stereocenters. The van der Waals surface area contributed by atoms with Crippen LogP contribution in [0.25, 0.3) is 11.2 Å². The summed E-state index contributed by atoms with van der Waals surface area (Å²) in [4.78, 5) is 45.3. The van der Waals surface area contributed by atoms with E-state index in [4.69, 9.17) is 4.98 Å². The summed E-state index contributed by atoms with van der Waals surface area (Å²) in [6, 6.07) is 6.01. The molecule has 2 heterocycles. The number of amides is 1. The van der Waals surface area contributed by atoms with Crippen molar-refractivity contribution in [2.75, 3.05) is 5.32 Å². The second-order valence-electron chi connectivity index (χ2n) is 8.83. The van der Waals surface area contributed by atoms with Gasteiger partial charge in [-0.25, -0.2) is 9.78 Å². The highest BCUT2D eigenvalue weighted by Crippen LogP contribution is 2.22. The fourth-order valence-electron chi connectivity index (χ4n) is 4.32. The van der Waals surface area contributed by atoms with E-state index in [0.717, 1.165) is 55.3 Å². The third kappa shape index (κ3) is 5.66. The van der Waals surface area contributed by atoms with Gasteiger partial charge in [0, 0.05) is 31.6 Å². The summed E-state index contributed by atoms with van der Waals surface area (Å²) >= 11 is 0. The lowest BCUT2D eigenvalue weighted by Crippen LogP contribution is -2.31. The predicted octanol–water partition coefficient (Wildman–Crippen LogP) is 4.32. The van der Waals surface area contributed by atoms with Crippen LogP contribution in [0.1, 0.15) is 76.2 Å². The number of hydrogen-bond donors (Lipinski definition) is 2. The van der Waals surface area contributed by atoms with Crippen molar-refractivity contribution in [3.8, 4) is 0 Å². The standard InChI is InChI=1S/C26H37N5O3/c1-5-8-10-17-30-20(14-15-21(32)28-22-18(4)12-11-13-19(22)7-3)27-24-23(30)25(33)29-26(34)31(24)16-9-6-2/h11-13H,5-10,14-17H2,1-4H3,(H,28,32)(H,29,33,34). The first-order valence-corrected chi connectivity index (χ1v) is 12.5. The lowest BCUT2D eigenvalue weighted by molar-refractivity contribution is -0.116. The van der Waals surface area contributed by atoms with Crippen LogP contribution in [0.5, 0.6) is 0 Å². The summed E-state index contributed by atoms with van der Waals surface area (Å²) in [5.74, 6) is 0.580. The molecule has 0 radical (unpaired) electrons. The van der Waals surface area contributed by atoms with E-state index in [1.165, 1.54) is 0 Å². The molecule has 1 aromatic carbocycles. The summed E-state index contributed by atoms with van der Waals surface area (Å²) in [6.45, 7) is 9.38. The number of benzene rings is 1. The van der Waals surface area contributed by atoms with E-state index in [1.807, 2.05) is 29.7 Å². The van der Waals surface area contributed by atoms with Crippen molar-refractivity contribution in [2.24, 2.45) is 0 Å². The molecular formula is C26H37N5O3. The Balaban J connectivity index is 1.92. The number of fused-ring (bicyclic) bond motifs is 1. The number of aromatic amines is 1. The number of para-hydroxylation sites is 1. The number of anilines is 1. The Morgan fingerprint density at radius 3 is 2.47 bits per heavy atom. The van der Waals surface area contributed by atoms with E-state index in [0.29, 0.717) is 36.5 Å². The van der Waals surface area contributed by atoms with Gasteiger partial charge in [0.2, 0.25) is 5.91 Å². The number of rotatable bonds is 12. The van der Waals surface area contributed by atoms with Crippen LogP contribution in [-0.4, -0.2) is 25.0 Å². The molecule has 0 aliphatic heterocycles. The number of H-pyrrole nitrogens is 1. The quantitative estimate of drug-likeness (QED) is 0.387. The SMILES string of the molecule is CCCCCn1c(CCC(=O)Nc2c(C)cccc2CC)nc2c1c(=O)[nH]c(=O)n2CCCC. The highest BCUT2D eigenvalue weighted by molar-refractivity contribution is 5.92. The minimum absolute atomic E-state index is 0.0894. The molecule has 1 amide bonds. The maximum atomic E-state index is 12.9. The van der Waals surface area contributed by atoms with Crippen LogP contribution < -0.4 is 16.6 Å². The monoisotopic (exact) mass is 467 g/mol. The number of carbonyl (C=O) groups is 1. The Morgan fingerprint density at radius 1 is 1.03 bits per heavy atom. The summed E-state index contributed by atoms with van der Waals surface area (Å²) in [7, 11) is 0. The minimum Gasteiger partial charge on any atom is -0.326 e. The third-order valence-corrected chi connectivity index (χ3v) is 6.27. The van der Waals surface area contributed by atoms with Crippen molar-refractivity contribution in [2.45, 2.75) is 92.2 Å². The molecule has 34 heavy (non-hydrogen) atoms. The second kappa shape index (κ2) is 11.8. The molecule has 0 bridgehead atoms. The number of aryl methyl sites for hydroxylation is 5. The van der Waals surface area contributed by atoms with Crippen LogP contribution in [0.3, 0.4) is 0 Å². The van der Waals surface area contributed by atoms with E-state index in [9.17, 15) is 14.4 Å². The lowest BCUT2D eigenvalue weighted by Gasteiger charge is -2.13. The zero-order chi connectivity index (χ0) is 24.7. The molecule has 0 fully saturated rings. The number of aromatic nitrogens is 4. The Morgan fingerprint density at radius 2 is 1.76 bits per heavy atom. The van der Waals surface area contributed by atoms with Crippen molar-refractivity contribution in [3.63, 3.8) is 0 Å². The normalized spacial score (nSPS) is 11.3. The van der Waals surface area contributed by atoms with Gasteiger partial charge in [-0.05, 0) is 37.3 Å². The topological polar surface area (TPSA) is 102 Å². The van der Waals surface area contributed by atoms with Crippen molar-refractivity contribution in [3.05, 3.63) is 56.0 Å². The van der Waals surface area contributed by atoms with Gasteiger partial charge in [0.15, 0.2) is 11.2 Å². The van der Waals surface area contributed by atoms with Crippen molar-refractivity contribution in [1.82, 2.24) is 19.1 Å². The number of unbranched alkanes of at least 4 members (excludes halogenated alkanes) is 3. The van der Waals surface area contributed by atoms with Gasteiger partial charge < -0.3 is 9.88 Å². The van der Waals surface area contributed by atoms with Crippen molar-refractivity contribution in [1.29, 1.82) is 0 Å². The Labute approximate surface area is 200 Å². The van der Waals surface area contributed by atoms with Gasteiger partial charge in [-0.15, -0.1) is 0 Å². The van der Waals surface area contributed by atoms with Gasteiger partial charge in [-0.1, -0.05) is 58.2 Å². The Kier molecular flexibility index (Phi) is 8.85. The third-order valence-electron chi connectivity index (χ3n) is 6.27. The van der Waals surface area contributed by atoms with Crippen LogP contribution in [0.15, 0.2) is 27.8 Å². The summed E-state index contributed by atoms with van der Waals surface area (Å²) < 4.78 is 3.46. The van der Waals surface area contributed by atoms with Gasteiger partial charge in [-0.2, -0.15) is 0 Å². The maximum Gasteiger partial charge on any atom is 0.330 e. The molecule has 0 spiro atoms. The smallest absolute Gasteiger partial charge is 0.326 e. The molecule has 0 saturated heterocycles. The molecule has 8 nitrogen and oxygen atoms in total. The molecule has 0 unspecified atom stereocenters. The fourth-order valence-corrected chi connectivity index (χ4v) is 4.32. The number of carbonyl (C=O) groups excluding carboxylic acids is 1. The second-order valence-corrected chi connectivity index (χ2v) is 8.83. The average molecular weight is 468 g/mol. The molecular weight excluding hydrogens is 430 g/mol. The first kappa shape index (κ1) is 25.5. The number of imidazole rings is 1. The fraction of sp³-hybridized carbons (Fsp3) is 0.538. The van der Waals surface area contributed by atoms with Gasteiger partial charge >= 0.3 is 5.69 Å². The largest absolute Gasteiger partial charge is 0.330 e. The molecule has 0 aliphatic rings. The molecule has 0 saturated carbocycles. The van der Waals surface area contributed by atoms with Crippen molar-refractivity contribution < 1.29 is 4.79 Å². The minimum atomic E-state index is -0.430. The van der Waals surface area contributed by atoms with E-state index in [-0.39, 0.29) is 12.3 Å². The Bertz CT molecular complexity index is 1250. The van der Waals surface area contributed by atoms with E-state index >= 15 is 0 Å². The number of nitrogens with zero attached hydrogens (tertiary/aromatic N) is 3. The maximum absolute atomic E-state index is 12.9. The zero-order valence-corrected chi connectivity index (χ0v) is 20.9. The molecule has 184 valence electrons. The van der Waals surface area contributed by atoms with Gasteiger partial charge in [-0.3, -0.25) is 19.1 Å². The molecule has 3 aromatic rings. The highest BCUT2D eigenvalue weighted by Gasteiger charge is 2.19. The summed E-state index contributed by atoms with van der Waals surface area (Å²) in [5, 5.41) is 3.07. The first-order valence-electron chi connectivity index (χ1n) is 12.5. The first-order chi connectivity index (χ1) is 16.4. The van der Waals surface area contributed by atoms with Gasteiger partial charge in [0.05, 0.1) is 0 Å². The number of nitrogens with one attached hydrogen (secondary N) is 2. The lowest BCUT2D eigenvalue weighted by atomic mass is 10.1. The summed E-state index contributed by atoms with van der Waals surface area (Å²) in [6.07, 6.45) is 6.19. The van der Waals surface area contributed by atoms with E-state index < -0.39 is 11.2 Å². The van der Waals surface area contributed by atoms with E-state index in [2.05, 4.69) is 31.1 Å². The predicted molar refractivity (Wildman–Crippen MR) is 137 cm³/mol. The Hall–Kier alpha value is -3.16. The van der Waals surface area contributed by atoms with Crippen LogP contribution in [0, 0.1) is 6.92 Å². The molecule has 2 aromatic heterocycles.